The van der Waals surface area contributed by atoms with E-state index in [1.165, 1.54) is 17.6 Å². The van der Waals surface area contributed by atoms with Crippen LogP contribution in [0, 0.1) is 0 Å². The topological polar surface area (TPSA) is 46.6 Å². The molecular weight excluding hydrogens is 206 g/mol. The van der Waals surface area contributed by atoms with Crippen LogP contribution in [0.4, 0.5) is 0 Å². The van der Waals surface area contributed by atoms with E-state index >= 15 is 0 Å². The average Bonchev–Trinajstić information content (AvgIpc) is 2.20. The Morgan fingerprint density at radius 2 is 2.07 bits per heavy atom. The number of rotatable bonds is 3. The summed E-state index contributed by atoms with van der Waals surface area (Å²) in [5.74, 6) is -0.884. The molecule has 1 aliphatic carbocycles. The molecule has 0 aromatic heterocycles. The first kappa shape index (κ1) is 10.8. The third-order valence-electron chi connectivity index (χ3n) is 1.78. The fraction of sp³-hybridized carbons (Fsp3) is 0.333. The molecule has 1 aliphatic rings. The summed E-state index contributed by atoms with van der Waals surface area (Å²) < 4.78 is 6.05. The molecule has 14 heavy (non-hydrogen) atoms. The lowest BCUT2D eigenvalue weighted by molar-refractivity contribution is -0.132. The molecule has 76 valence electrons. The van der Waals surface area contributed by atoms with Gasteiger partial charge in [0.05, 0.1) is 7.11 Å². The Balaban J connectivity index is 3.03. The van der Waals surface area contributed by atoms with E-state index in [0.29, 0.717) is 12.3 Å². The number of carbonyl (C=O) groups is 2. The molecule has 5 heteroatoms. The number of hydrogen-bond acceptors (Lipinski definition) is 4. The van der Waals surface area contributed by atoms with Crippen LogP contribution < -0.4 is 0 Å². The van der Waals surface area contributed by atoms with Crippen LogP contribution in [0.5, 0.6) is 0 Å². The molecular formula is C9H10ClNO3. The van der Waals surface area contributed by atoms with E-state index in [9.17, 15) is 9.59 Å². The van der Waals surface area contributed by atoms with Crippen LogP contribution in [0.15, 0.2) is 23.6 Å². The lowest BCUT2D eigenvalue weighted by atomic mass is 10.1. The van der Waals surface area contributed by atoms with Gasteiger partial charge < -0.3 is 4.74 Å². The molecule has 0 bridgehead atoms. The summed E-state index contributed by atoms with van der Waals surface area (Å²) in [6.45, 7) is 2.21. The minimum Gasteiger partial charge on any atom is -0.497 e. The van der Waals surface area contributed by atoms with Gasteiger partial charge >= 0.3 is 0 Å². The molecule has 0 fully saturated rings. The lowest BCUT2D eigenvalue weighted by Crippen LogP contribution is -2.27. The van der Waals surface area contributed by atoms with Gasteiger partial charge in [0.2, 0.25) is 11.6 Å². The molecule has 0 aromatic rings. The number of halogens is 1. The second-order valence-corrected chi connectivity index (χ2v) is 3.06. The molecule has 0 N–H and O–H groups in total. The molecule has 0 aromatic carbocycles. The summed E-state index contributed by atoms with van der Waals surface area (Å²) in [5.41, 5.74) is 0.151. The number of Topliss-reactive ketones (excluding diaryl/α,β-unsaturated/α-hetero) is 1. The largest absolute Gasteiger partial charge is 0.497 e. The summed E-state index contributed by atoms with van der Waals surface area (Å²) in [4.78, 5) is 22.5. The summed E-state index contributed by atoms with van der Waals surface area (Å²) in [6, 6.07) is 0. The maximum atomic E-state index is 11.3. The van der Waals surface area contributed by atoms with Gasteiger partial charge in [0.15, 0.2) is 0 Å². The smallest absolute Gasteiger partial charge is 0.250 e. The molecule has 0 spiro atoms. The third-order valence-corrected chi connectivity index (χ3v) is 2.20. The Labute approximate surface area is 86.9 Å². The predicted molar refractivity (Wildman–Crippen MR) is 51.4 cm³/mol. The van der Waals surface area contributed by atoms with Crippen LogP contribution in [-0.2, 0) is 14.3 Å². The summed E-state index contributed by atoms with van der Waals surface area (Å²) in [5, 5.41) is 0. The van der Waals surface area contributed by atoms with Crippen LogP contribution >= 0.6 is 11.8 Å². The molecule has 0 heterocycles. The maximum Gasteiger partial charge on any atom is 0.250 e. The zero-order chi connectivity index (χ0) is 10.7. The zero-order valence-electron chi connectivity index (χ0n) is 7.91. The van der Waals surface area contributed by atoms with Crippen LogP contribution in [0.2, 0.25) is 0 Å². The van der Waals surface area contributed by atoms with Crippen molar-refractivity contribution in [2.75, 3.05) is 13.7 Å². The molecule has 0 saturated carbocycles. The van der Waals surface area contributed by atoms with Gasteiger partial charge in [-0.3, -0.25) is 14.0 Å². The van der Waals surface area contributed by atoms with Crippen molar-refractivity contribution in [2.24, 2.45) is 0 Å². The van der Waals surface area contributed by atoms with Crippen LogP contribution in [-0.4, -0.2) is 29.6 Å². The Morgan fingerprint density at radius 3 is 2.57 bits per heavy atom. The Kier molecular flexibility index (Phi) is 3.30. The minimum atomic E-state index is -0.613. The molecule has 0 aliphatic heterocycles. The van der Waals surface area contributed by atoms with E-state index in [1.807, 2.05) is 0 Å². The standard InChI is InChI=1S/C9H10ClNO3/c1-3-11(10)7-4-6(14-2)5-8(12)9(7)13/h4-5H,3H2,1-2H3. The average molecular weight is 216 g/mol. The predicted octanol–water partition coefficient (Wildman–Crippen LogP) is 1.03. The minimum absolute atomic E-state index is 0.151. The number of likely N-dealkylation sites (N-methyl/N-ethyl adjacent to an activating group) is 1. The molecule has 0 radical (unpaired) electrons. The SMILES string of the molecule is CCN(Cl)C1=CC(OC)=CC(=O)C1=O. The highest BCUT2D eigenvalue weighted by atomic mass is 35.5. The molecule has 0 atom stereocenters. The normalized spacial score (nSPS) is 16.2. The van der Waals surface area contributed by atoms with Gasteiger partial charge in [0.1, 0.15) is 11.5 Å². The first-order valence-electron chi connectivity index (χ1n) is 4.09. The van der Waals surface area contributed by atoms with Crippen molar-refractivity contribution in [3.8, 4) is 0 Å². The van der Waals surface area contributed by atoms with Gasteiger partial charge in [-0.15, -0.1) is 0 Å². The zero-order valence-corrected chi connectivity index (χ0v) is 8.67. The molecule has 0 amide bonds. The quantitative estimate of drug-likeness (QED) is 0.401. The summed E-state index contributed by atoms with van der Waals surface area (Å²) in [6.07, 6.45) is 2.59. The highest BCUT2D eigenvalue weighted by Gasteiger charge is 2.25. The second-order valence-electron chi connectivity index (χ2n) is 2.65. The van der Waals surface area contributed by atoms with E-state index in [-0.39, 0.29) is 5.70 Å². The van der Waals surface area contributed by atoms with Gasteiger partial charge in [-0.05, 0) is 6.92 Å². The number of nitrogens with zero attached hydrogens (tertiary/aromatic N) is 1. The van der Waals surface area contributed by atoms with Crippen LogP contribution in [0.3, 0.4) is 0 Å². The first-order chi connectivity index (χ1) is 6.60. The van der Waals surface area contributed by atoms with Gasteiger partial charge in [0.25, 0.3) is 0 Å². The van der Waals surface area contributed by atoms with Crippen molar-refractivity contribution in [3.63, 3.8) is 0 Å². The van der Waals surface area contributed by atoms with E-state index in [2.05, 4.69) is 0 Å². The number of methoxy groups -OCH3 is 1. The molecule has 4 nitrogen and oxygen atoms in total. The number of ether oxygens (including phenoxy) is 1. The number of carbonyl (C=O) groups excluding carboxylic acids is 2. The highest BCUT2D eigenvalue weighted by molar-refractivity contribution is 6.49. The van der Waals surface area contributed by atoms with E-state index in [4.69, 9.17) is 16.5 Å². The maximum absolute atomic E-state index is 11.3. The van der Waals surface area contributed by atoms with Crippen molar-refractivity contribution in [2.45, 2.75) is 6.92 Å². The van der Waals surface area contributed by atoms with Crippen LogP contribution in [0.1, 0.15) is 6.92 Å². The second kappa shape index (κ2) is 4.28. The van der Waals surface area contributed by atoms with Gasteiger partial charge in [-0.2, -0.15) is 0 Å². The van der Waals surface area contributed by atoms with Crippen molar-refractivity contribution in [1.82, 2.24) is 4.42 Å². The van der Waals surface area contributed by atoms with Crippen molar-refractivity contribution in [3.05, 3.63) is 23.6 Å². The van der Waals surface area contributed by atoms with E-state index < -0.39 is 11.6 Å². The molecule has 0 saturated heterocycles. The van der Waals surface area contributed by atoms with Crippen molar-refractivity contribution in [1.29, 1.82) is 0 Å². The van der Waals surface area contributed by atoms with Crippen molar-refractivity contribution < 1.29 is 14.3 Å². The molecule has 1 rings (SSSR count). The van der Waals surface area contributed by atoms with E-state index in [1.54, 1.807) is 6.92 Å². The lowest BCUT2D eigenvalue weighted by Gasteiger charge is -2.18. The summed E-state index contributed by atoms with van der Waals surface area (Å²) in [7, 11) is 1.42. The first-order valence-corrected chi connectivity index (χ1v) is 4.43. The fourth-order valence-electron chi connectivity index (χ4n) is 1.03. The van der Waals surface area contributed by atoms with Crippen LogP contribution in [0.25, 0.3) is 0 Å². The summed E-state index contributed by atoms with van der Waals surface area (Å²) >= 11 is 5.74. The monoisotopic (exact) mass is 215 g/mol. The molecule has 0 unspecified atom stereocenters. The number of ketones is 2. The fourth-order valence-corrected chi connectivity index (χ4v) is 1.16. The van der Waals surface area contributed by atoms with Gasteiger partial charge in [-0.25, -0.2) is 0 Å². The van der Waals surface area contributed by atoms with Gasteiger partial charge in [-0.1, -0.05) is 0 Å². The van der Waals surface area contributed by atoms with Gasteiger partial charge in [0, 0.05) is 30.5 Å². The number of allylic oxidation sites excluding steroid dienone is 3. The highest BCUT2D eigenvalue weighted by Crippen LogP contribution is 2.17. The van der Waals surface area contributed by atoms with Crippen molar-refractivity contribution >= 4 is 23.3 Å². The van der Waals surface area contributed by atoms with E-state index in [0.717, 1.165) is 6.08 Å². The Hall–Kier alpha value is -1.29. The third kappa shape index (κ3) is 1.96. The number of hydrogen-bond donors (Lipinski definition) is 0. The Morgan fingerprint density at radius 1 is 1.43 bits per heavy atom. The Bertz CT molecular complexity index is 333.